The predicted octanol–water partition coefficient (Wildman–Crippen LogP) is 0.696. The van der Waals surface area contributed by atoms with Gasteiger partial charge in [0.05, 0.1) is 0 Å². The number of hydrogen-bond acceptors (Lipinski definition) is 1. The number of hydrogen-bond donors (Lipinski definition) is 2. The maximum Gasteiger partial charge on any atom is 0.185 e. The fraction of sp³-hybridized carbons (Fsp3) is 0.889. The summed E-state index contributed by atoms with van der Waals surface area (Å²) < 4.78 is 0. The topological polar surface area (TPSA) is 64.4 Å². The van der Waals surface area contributed by atoms with Crippen molar-refractivity contribution in [2.75, 3.05) is 6.54 Å². The van der Waals surface area contributed by atoms with Crippen molar-refractivity contribution in [3.05, 3.63) is 0 Å². The van der Waals surface area contributed by atoms with Gasteiger partial charge in [0.15, 0.2) is 5.96 Å². The molecule has 68 valence electrons. The molecular weight excluding hydrogens is 150 g/mol. The fourth-order valence-corrected chi connectivity index (χ4v) is 2.49. The quantitative estimate of drug-likeness (QED) is 0.469. The molecule has 2 aliphatic rings. The van der Waals surface area contributed by atoms with Gasteiger partial charge < -0.3 is 11.5 Å². The highest BCUT2D eigenvalue weighted by Crippen LogP contribution is 2.52. The average molecular weight is 167 g/mol. The molecule has 3 unspecified atom stereocenters. The van der Waals surface area contributed by atoms with Crippen molar-refractivity contribution >= 4 is 5.96 Å². The minimum Gasteiger partial charge on any atom is -0.370 e. The first kappa shape index (κ1) is 7.90. The Kier molecular flexibility index (Phi) is 1.95. The highest BCUT2D eigenvalue weighted by Gasteiger charge is 2.44. The largest absolute Gasteiger partial charge is 0.370 e. The van der Waals surface area contributed by atoms with Crippen LogP contribution in [0, 0.1) is 17.8 Å². The van der Waals surface area contributed by atoms with Gasteiger partial charge in [0, 0.05) is 6.54 Å². The van der Waals surface area contributed by atoms with Crippen LogP contribution in [-0.2, 0) is 0 Å². The van der Waals surface area contributed by atoms with Crippen LogP contribution in [0.1, 0.15) is 25.7 Å². The molecule has 2 aliphatic carbocycles. The first-order valence-electron chi connectivity index (χ1n) is 4.83. The lowest BCUT2D eigenvalue weighted by atomic mass is 9.89. The zero-order chi connectivity index (χ0) is 8.55. The molecule has 4 N–H and O–H groups in total. The number of fused-ring (bicyclic) bond motifs is 1. The zero-order valence-corrected chi connectivity index (χ0v) is 7.37. The summed E-state index contributed by atoms with van der Waals surface area (Å²) in [6.07, 6.45) is 5.59. The second-order valence-electron chi connectivity index (χ2n) is 4.12. The monoisotopic (exact) mass is 167 g/mol. The van der Waals surface area contributed by atoms with Crippen LogP contribution in [0.4, 0.5) is 0 Å². The van der Waals surface area contributed by atoms with Gasteiger partial charge in [-0.2, -0.15) is 0 Å². The summed E-state index contributed by atoms with van der Waals surface area (Å²) in [6.45, 7) is 0.865. The van der Waals surface area contributed by atoms with E-state index in [2.05, 4.69) is 4.99 Å². The Hall–Kier alpha value is -0.730. The summed E-state index contributed by atoms with van der Waals surface area (Å²) in [5, 5.41) is 0. The van der Waals surface area contributed by atoms with Crippen LogP contribution < -0.4 is 11.5 Å². The minimum absolute atomic E-state index is 0.248. The van der Waals surface area contributed by atoms with Crippen molar-refractivity contribution in [1.29, 1.82) is 0 Å². The molecule has 2 fully saturated rings. The normalized spacial score (nSPS) is 38.5. The molecule has 3 nitrogen and oxygen atoms in total. The summed E-state index contributed by atoms with van der Waals surface area (Å²) in [4.78, 5) is 4.10. The highest BCUT2D eigenvalue weighted by atomic mass is 15.0. The van der Waals surface area contributed by atoms with E-state index in [9.17, 15) is 0 Å². The summed E-state index contributed by atoms with van der Waals surface area (Å²) in [5.74, 6) is 3.02. The molecule has 0 saturated heterocycles. The number of rotatable bonds is 2. The smallest absolute Gasteiger partial charge is 0.185 e. The molecule has 3 atom stereocenters. The first-order valence-corrected chi connectivity index (χ1v) is 4.83. The summed E-state index contributed by atoms with van der Waals surface area (Å²) >= 11 is 0. The minimum atomic E-state index is 0.248. The Morgan fingerprint density at radius 3 is 2.92 bits per heavy atom. The van der Waals surface area contributed by atoms with Gasteiger partial charge in [-0.05, 0) is 30.6 Å². The van der Waals surface area contributed by atoms with Gasteiger partial charge in [0.1, 0.15) is 0 Å². The first-order chi connectivity index (χ1) is 5.77. The molecule has 0 heterocycles. The summed E-state index contributed by atoms with van der Waals surface area (Å²) in [7, 11) is 0. The van der Waals surface area contributed by atoms with Crippen LogP contribution in [0.2, 0.25) is 0 Å². The maximum atomic E-state index is 5.30. The standard InChI is InChI=1S/C9H17N3/c10-9(11)12-5-7-3-1-2-6-4-8(6)7/h6-8H,1-5H2,(H4,10,11,12). The van der Waals surface area contributed by atoms with Gasteiger partial charge in [-0.15, -0.1) is 0 Å². The highest BCUT2D eigenvalue weighted by molar-refractivity contribution is 5.75. The van der Waals surface area contributed by atoms with E-state index in [-0.39, 0.29) is 5.96 Å². The average Bonchev–Trinajstić information content (AvgIpc) is 2.78. The second-order valence-corrected chi connectivity index (χ2v) is 4.12. The predicted molar refractivity (Wildman–Crippen MR) is 49.6 cm³/mol. The van der Waals surface area contributed by atoms with Crippen LogP contribution in [-0.4, -0.2) is 12.5 Å². The summed E-state index contributed by atoms with van der Waals surface area (Å²) in [5.41, 5.74) is 10.6. The molecule has 12 heavy (non-hydrogen) atoms. The lowest BCUT2D eigenvalue weighted by Gasteiger charge is -2.18. The Morgan fingerprint density at radius 1 is 1.33 bits per heavy atom. The van der Waals surface area contributed by atoms with Crippen LogP contribution in [0.15, 0.2) is 4.99 Å². The van der Waals surface area contributed by atoms with Gasteiger partial charge in [-0.25, -0.2) is 0 Å². The maximum absolute atomic E-state index is 5.30. The molecule has 2 rings (SSSR count). The lowest BCUT2D eigenvalue weighted by Crippen LogP contribution is -2.25. The fourth-order valence-electron chi connectivity index (χ4n) is 2.49. The van der Waals surface area contributed by atoms with E-state index in [1.165, 1.54) is 25.7 Å². The molecule has 0 aromatic rings. The molecule has 0 bridgehead atoms. The molecule has 0 amide bonds. The molecule has 2 saturated carbocycles. The van der Waals surface area contributed by atoms with Gasteiger partial charge >= 0.3 is 0 Å². The zero-order valence-electron chi connectivity index (χ0n) is 7.37. The van der Waals surface area contributed by atoms with Crippen LogP contribution in [0.3, 0.4) is 0 Å². The van der Waals surface area contributed by atoms with E-state index in [0.717, 1.165) is 24.3 Å². The second kappa shape index (κ2) is 2.96. The van der Waals surface area contributed by atoms with Crippen molar-refractivity contribution < 1.29 is 0 Å². The number of nitrogens with zero attached hydrogens (tertiary/aromatic N) is 1. The van der Waals surface area contributed by atoms with E-state index in [1.54, 1.807) is 0 Å². The van der Waals surface area contributed by atoms with Crippen LogP contribution >= 0.6 is 0 Å². The number of nitrogens with two attached hydrogens (primary N) is 2. The van der Waals surface area contributed by atoms with Crippen molar-refractivity contribution in [3.8, 4) is 0 Å². The van der Waals surface area contributed by atoms with Gasteiger partial charge in [-0.1, -0.05) is 12.8 Å². The van der Waals surface area contributed by atoms with E-state index in [0.29, 0.717) is 0 Å². The third-order valence-corrected chi connectivity index (χ3v) is 3.24. The Bertz CT molecular complexity index is 196. The lowest BCUT2D eigenvalue weighted by molar-refractivity contribution is 0.344. The van der Waals surface area contributed by atoms with Gasteiger partial charge in [-0.3, -0.25) is 4.99 Å². The SMILES string of the molecule is NC(N)=NCC1CCCC2CC12. The van der Waals surface area contributed by atoms with Crippen LogP contribution in [0.25, 0.3) is 0 Å². The van der Waals surface area contributed by atoms with Crippen molar-refractivity contribution in [2.45, 2.75) is 25.7 Å². The van der Waals surface area contributed by atoms with Crippen molar-refractivity contribution in [1.82, 2.24) is 0 Å². The number of guanidine groups is 1. The molecule has 0 spiro atoms. The third kappa shape index (κ3) is 1.54. The van der Waals surface area contributed by atoms with E-state index in [1.807, 2.05) is 0 Å². The van der Waals surface area contributed by atoms with Gasteiger partial charge in [0.2, 0.25) is 0 Å². The molecule has 0 aromatic carbocycles. The van der Waals surface area contributed by atoms with Crippen molar-refractivity contribution in [3.63, 3.8) is 0 Å². The Labute approximate surface area is 73.2 Å². The van der Waals surface area contributed by atoms with Crippen molar-refractivity contribution in [2.24, 2.45) is 34.2 Å². The van der Waals surface area contributed by atoms with E-state index < -0.39 is 0 Å². The third-order valence-electron chi connectivity index (χ3n) is 3.24. The molecular formula is C9H17N3. The summed E-state index contributed by atoms with van der Waals surface area (Å²) in [6, 6.07) is 0. The van der Waals surface area contributed by atoms with Gasteiger partial charge in [0.25, 0.3) is 0 Å². The Morgan fingerprint density at radius 2 is 2.17 bits per heavy atom. The van der Waals surface area contributed by atoms with E-state index in [4.69, 9.17) is 11.5 Å². The van der Waals surface area contributed by atoms with Crippen LogP contribution in [0.5, 0.6) is 0 Å². The Balaban J connectivity index is 1.84. The molecule has 0 radical (unpaired) electrons. The van der Waals surface area contributed by atoms with E-state index >= 15 is 0 Å². The molecule has 3 heteroatoms. The molecule has 0 aliphatic heterocycles. The molecule has 0 aromatic heterocycles. The number of aliphatic imine (C=N–C) groups is 1.